The van der Waals surface area contributed by atoms with E-state index in [-0.39, 0.29) is 38.2 Å². The zero-order valence-electron chi connectivity index (χ0n) is 15.8. The van der Waals surface area contributed by atoms with Gasteiger partial charge in [-0.15, -0.1) is 0 Å². The van der Waals surface area contributed by atoms with Crippen LogP contribution in [0.3, 0.4) is 0 Å². The largest absolute Gasteiger partial charge is 0.462 e. The number of rotatable bonds is 5. The summed E-state index contributed by atoms with van der Waals surface area (Å²) >= 11 is 0. The second kappa shape index (κ2) is 7.83. The molecule has 1 unspecified atom stereocenters. The first-order valence-corrected chi connectivity index (χ1v) is 9.34. The molecule has 1 saturated heterocycles. The summed E-state index contributed by atoms with van der Waals surface area (Å²) < 4.78 is 15.6. The predicted octanol–water partition coefficient (Wildman–Crippen LogP) is 2.58. The molecule has 0 radical (unpaired) electrons. The van der Waals surface area contributed by atoms with Gasteiger partial charge in [0.2, 0.25) is 18.6 Å². The van der Waals surface area contributed by atoms with Crippen molar-refractivity contribution < 1.29 is 28.6 Å². The molecule has 2 aromatic carbocycles. The van der Waals surface area contributed by atoms with Gasteiger partial charge in [-0.3, -0.25) is 9.59 Å². The lowest BCUT2D eigenvalue weighted by molar-refractivity contribution is -0.122. The molecule has 2 heterocycles. The minimum Gasteiger partial charge on any atom is -0.462 e. The highest BCUT2D eigenvalue weighted by atomic mass is 16.7. The molecule has 4 rings (SSSR count). The van der Waals surface area contributed by atoms with Crippen molar-refractivity contribution in [3.63, 3.8) is 0 Å². The lowest BCUT2D eigenvalue weighted by Crippen LogP contribution is -2.29. The van der Waals surface area contributed by atoms with Crippen molar-refractivity contribution in [2.75, 3.05) is 30.2 Å². The summed E-state index contributed by atoms with van der Waals surface area (Å²) in [4.78, 5) is 39.0. The number of hydrogen-bond donors (Lipinski definition) is 1. The summed E-state index contributed by atoms with van der Waals surface area (Å²) in [5.41, 5.74) is 1.32. The summed E-state index contributed by atoms with van der Waals surface area (Å²) in [6.07, 6.45) is 0.0630. The number of nitrogens with zero attached hydrogens (tertiary/aromatic N) is 1. The standard InChI is InChI=1S/C21H20N2O6/c1-2-27-21(26)15-5-3-4-6-16(15)23-11-13(9-19(23)24)20(25)22-14-7-8-17-18(10-14)29-12-28-17/h3-8,10,13H,2,9,11-12H2,1H3,(H,22,25). The van der Waals surface area contributed by atoms with Gasteiger partial charge >= 0.3 is 5.97 Å². The molecule has 2 amide bonds. The molecular formula is C21H20N2O6. The van der Waals surface area contributed by atoms with Crippen LogP contribution in [0.25, 0.3) is 0 Å². The second-order valence-electron chi connectivity index (χ2n) is 6.70. The number of fused-ring (bicyclic) bond motifs is 1. The van der Waals surface area contributed by atoms with E-state index >= 15 is 0 Å². The Labute approximate surface area is 167 Å². The maximum atomic E-state index is 12.7. The molecule has 2 aromatic rings. The molecule has 8 nitrogen and oxygen atoms in total. The Morgan fingerprint density at radius 1 is 1.17 bits per heavy atom. The summed E-state index contributed by atoms with van der Waals surface area (Å²) in [6, 6.07) is 11.9. The fraction of sp³-hybridized carbons (Fsp3) is 0.286. The number of ether oxygens (including phenoxy) is 3. The van der Waals surface area contributed by atoms with Crippen LogP contribution < -0.4 is 19.7 Å². The van der Waals surface area contributed by atoms with Gasteiger partial charge in [-0.05, 0) is 31.2 Å². The van der Waals surface area contributed by atoms with E-state index in [1.807, 2.05) is 0 Å². The van der Waals surface area contributed by atoms with Crippen LogP contribution in [0.2, 0.25) is 0 Å². The van der Waals surface area contributed by atoms with Crippen molar-refractivity contribution >= 4 is 29.2 Å². The quantitative estimate of drug-likeness (QED) is 0.781. The molecular weight excluding hydrogens is 376 g/mol. The van der Waals surface area contributed by atoms with Crippen LogP contribution in [-0.2, 0) is 14.3 Å². The Morgan fingerprint density at radius 3 is 2.79 bits per heavy atom. The molecule has 150 valence electrons. The number of carbonyl (C=O) groups is 3. The fourth-order valence-corrected chi connectivity index (χ4v) is 3.43. The van der Waals surface area contributed by atoms with Crippen LogP contribution >= 0.6 is 0 Å². The third-order valence-corrected chi connectivity index (χ3v) is 4.83. The molecule has 8 heteroatoms. The molecule has 1 fully saturated rings. The summed E-state index contributed by atoms with van der Waals surface area (Å²) in [6.45, 7) is 2.30. The van der Waals surface area contributed by atoms with Crippen LogP contribution in [0.4, 0.5) is 11.4 Å². The van der Waals surface area contributed by atoms with E-state index in [9.17, 15) is 14.4 Å². The first-order chi connectivity index (χ1) is 14.1. The first kappa shape index (κ1) is 18.8. The van der Waals surface area contributed by atoms with E-state index in [2.05, 4.69) is 5.32 Å². The molecule has 2 aliphatic rings. The molecule has 0 aromatic heterocycles. The predicted molar refractivity (Wildman–Crippen MR) is 104 cm³/mol. The third-order valence-electron chi connectivity index (χ3n) is 4.83. The van der Waals surface area contributed by atoms with E-state index in [1.54, 1.807) is 49.4 Å². The number of esters is 1. The molecule has 0 bridgehead atoms. The Hall–Kier alpha value is -3.55. The van der Waals surface area contributed by atoms with Crippen molar-refractivity contribution in [2.45, 2.75) is 13.3 Å². The smallest absolute Gasteiger partial charge is 0.340 e. The average Bonchev–Trinajstić information content (AvgIpc) is 3.34. The SMILES string of the molecule is CCOC(=O)c1ccccc1N1CC(C(=O)Nc2ccc3c(c2)OCO3)CC1=O. The minimum absolute atomic E-state index is 0.0630. The van der Waals surface area contributed by atoms with Crippen molar-refractivity contribution in [3.05, 3.63) is 48.0 Å². The lowest BCUT2D eigenvalue weighted by Gasteiger charge is -2.19. The van der Waals surface area contributed by atoms with E-state index in [0.717, 1.165) is 0 Å². The van der Waals surface area contributed by atoms with Gasteiger partial charge < -0.3 is 24.4 Å². The molecule has 1 atom stereocenters. The number of nitrogens with one attached hydrogen (secondary N) is 1. The number of benzene rings is 2. The monoisotopic (exact) mass is 396 g/mol. The molecule has 1 N–H and O–H groups in total. The van der Waals surface area contributed by atoms with Gasteiger partial charge in [-0.25, -0.2) is 4.79 Å². The van der Waals surface area contributed by atoms with E-state index < -0.39 is 11.9 Å². The van der Waals surface area contributed by atoms with Crippen molar-refractivity contribution in [1.82, 2.24) is 0 Å². The van der Waals surface area contributed by atoms with Crippen molar-refractivity contribution in [1.29, 1.82) is 0 Å². The molecule has 0 spiro atoms. The van der Waals surface area contributed by atoms with Crippen LogP contribution in [0.5, 0.6) is 11.5 Å². The first-order valence-electron chi connectivity index (χ1n) is 9.34. The zero-order chi connectivity index (χ0) is 20.4. The molecule has 0 saturated carbocycles. The Kier molecular flexibility index (Phi) is 5.07. The number of anilines is 2. The van der Waals surface area contributed by atoms with Gasteiger partial charge in [-0.2, -0.15) is 0 Å². The lowest BCUT2D eigenvalue weighted by atomic mass is 10.1. The number of amides is 2. The second-order valence-corrected chi connectivity index (χ2v) is 6.70. The normalized spacial score (nSPS) is 17.3. The summed E-state index contributed by atoms with van der Waals surface area (Å²) in [5, 5.41) is 2.82. The topological polar surface area (TPSA) is 94.2 Å². The maximum absolute atomic E-state index is 12.7. The number of hydrogen-bond acceptors (Lipinski definition) is 6. The Balaban J connectivity index is 1.48. The zero-order valence-corrected chi connectivity index (χ0v) is 15.8. The molecule has 0 aliphatic carbocycles. The van der Waals surface area contributed by atoms with E-state index in [0.29, 0.717) is 28.4 Å². The van der Waals surface area contributed by atoms with Gasteiger partial charge in [0.15, 0.2) is 11.5 Å². The van der Waals surface area contributed by atoms with Gasteiger partial charge in [0.25, 0.3) is 0 Å². The van der Waals surface area contributed by atoms with E-state index in [1.165, 1.54) is 4.90 Å². The molecule has 2 aliphatic heterocycles. The van der Waals surface area contributed by atoms with Gasteiger partial charge in [0, 0.05) is 24.7 Å². The highest BCUT2D eigenvalue weighted by Crippen LogP contribution is 2.35. The van der Waals surface area contributed by atoms with Crippen LogP contribution in [0.1, 0.15) is 23.7 Å². The highest BCUT2D eigenvalue weighted by molar-refractivity contribution is 6.07. The fourth-order valence-electron chi connectivity index (χ4n) is 3.43. The highest BCUT2D eigenvalue weighted by Gasteiger charge is 2.36. The molecule has 29 heavy (non-hydrogen) atoms. The van der Waals surface area contributed by atoms with Crippen molar-refractivity contribution in [3.8, 4) is 11.5 Å². The number of para-hydroxylation sites is 1. The van der Waals surface area contributed by atoms with Gasteiger partial charge in [-0.1, -0.05) is 12.1 Å². The summed E-state index contributed by atoms with van der Waals surface area (Å²) in [5.74, 6) is -0.329. The number of carbonyl (C=O) groups excluding carboxylic acids is 3. The minimum atomic E-state index is -0.539. The average molecular weight is 396 g/mol. The van der Waals surface area contributed by atoms with Gasteiger partial charge in [0.05, 0.1) is 23.8 Å². The maximum Gasteiger partial charge on any atom is 0.340 e. The summed E-state index contributed by atoms with van der Waals surface area (Å²) in [7, 11) is 0. The van der Waals surface area contributed by atoms with Crippen LogP contribution in [0.15, 0.2) is 42.5 Å². The Bertz CT molecular complexity index is 973. The third kappa shape index (κ3) is 3.73. The van der Waals surface area contributed by atoms with Gasteiger partial charge in [0.1, 0.15) is 0 Å². The van der Waals surface area contributed by atoms with Crippen molar-refractivity contribution in [2.24, 2.45) is 5.92 Å². The van der Waals surface area contributed by atoms with E-state index in [4.69, 9.17) is 14.2 Å². The Morgan fingerprint density at radius 2 is 1.97 bits per heavy atom. The van der Waals surface area contributed by atoms with Crippen LogP contribution in [-0.4, -0.2) is 37.7 Å². The van der Waals surface area contributed by atoms with Crippen LogP contribution in [0, 0.1) is 5.92 Å².